The number of benzene rings is 2. The van der Waals surface area contributed by atoms with Crippen LogP contribution in [0.25, 0.3) is 0 Å². The van der Waals surface area contributed by atoms with Crippen molar-refractivity contribution in [3.8, 4) is 5.75 Å². The van der Waals surface area contributed by atoms with Gasteiger partial charge in [0.05, 0.1) is 5.69 Å². The van der Waals surface area contributed by atoms with Gasteiger partial charge in [0.15, 0.2) is 6.61 Å². The maximum atomic E-state index is 13.8. The van der Waals surface area contributed by atoms with E-state index in [0.29, 0.717) is 34.7 Å². The summed E-state index contributed by atoms with van der Waals surface area (Å²) in [5, 5.41) is 5.48. The highest BCUT2D eigenvalue weighted by molar-refractivity contribution is 6.07. The fourth-order valence-electron chi connectivity index (χ4n) is 3.82. The first-order chi connectivity index (χ1) is 14.9. The maximum Gasteiger partial charge on any atom is 0.264 e. The lowest BCUT2D eigenvalue weighted by Crippen LogP contribution is -2.35. The topological polar surface area (TPSA) is 87.7 Å². The second kappa shape index (κ2) is 8.22. The second-order valence-corrected chi connectivity index (χ2v) is 7.51. The number of fused-ring (bicyclic) bond motifs is 1. The highest BCUT2D eigenvalue weighted by Gasteiger charge is 2.30. The lowest BCUT2D eigenvalue weighted by Gasteiger charge is -2.28. The molecule has 0 bridgehead atoms. The van der Waals surface area contributed by atoms with E-state index in [-0.39, 0.29) is 24.8 Å². The Morgan fingerprint density at radius 1 is 1.29 bits per heavy atom. The van der Waals surface area contributed by atoms with Gasteiger partial charge in [-0.25, -0.2) is 4.39 Å². The number of likely N-dealkylation sites (N-methyl/N-ethyl adjacent to an activating group) is 1. The fraction of sp³-hybridized carbons (Fsp3) is 0.261. The molecule has 0 saturated heterocycles. The first kappa shape index (κ1) is 20.6. The normalized spacial score (nSPS) is 18.0. The van der Waals surface area contributed by atoms with Crippen LogP contribution in [0.1, 0.15) is 30.4 Å². The summed E-state index contributed by atoms with van der Waals surface area (Å²) in [7, 11) is 1.65. The predicted octanol–water partition coefficient (Wildman–Crippen LogP) is 2.87. The number of carbonyl (C=O) groups is 3. The molecule has 3 amide bonds. The Kier molecular flexibility index (Phi) is 5.46. The molecule has 2 aliphatic heterocycles. The van der Waals surface area contributed by atoms with Gasteiger partial charge < -0.3 is 20.3 Å². The molecule has 0 fully saturated rings. The molecular weight excluding hydrogens is 401 g/mol. The smallest absolute Gasteiger partial charge is 0.264 e. The summed E-state index contributed by atoms with van der Waals surface area (Å²) in [6.07, 6.45) is 2.05. The van der Waals surface area contributed by atoms with Gasteiger partial charge in [0, 0.05) is 36.8 Å². The number of nitrogens with one attached hydrogen (secondary N) is 2. The number of anilines is 2. The first-order valence-electron chi connectivity index (χ1n) is 10.00. The summed E-state index contributed by atoms with van der Waals surface area (Å²) in [6, 6.07) is 9.42. The molecule has 1 unspecified atom stereocenters. The Hall–Kier alpha value is -3.68. The third kappa shape index (κ3) is 4.01. The van der Waals surface area contributed by atoms with E-state index in [2.05, 4.69) is 10.6 Å². The highest BCUT2D eigenvalue weighted by atomic mass is 19.1. The van der Waals surface area contributed by atoms with E-state index in [4.69, 9.17) is 4.74 Å². The largest absolute Gasteiger partial charge is 0.482 e. The number of halogens is 1. The van der Waals surface area contributed by atoms with Crippen LogP contribution < -0.4 is 20.3 Å². The molecule has 160 valence electrons. The van der Waals surface area contributed by atoms with E-state index in [0.717, 1.165) is 5.56 Å². The van der Waals surface area contributed by atoms with Crippen molar-refractivity contribution in [3.05, 3.63) is 65.1 Å². The highest BCUT2D eigenvalue weighted by Crippen LogP contribution is 2.37. The molecular formula is C23H22FN3O4. The van der Waals surface area contributed by atoms with Crippen molar-refractivity contribution in [2.45, 2.75) is 25.7 Å². The van der Waals surface area contributed by atoms with Crippen LogP contribution in [0.5, 0.6) is 5.75 Å². The third-order valence-corrected chi connectivity index (χ3v) is 5.57. The standard InChI is InChI=1S/C23H22FN3O4/c1-3-13-8-20-19(27(2)22(29)12-31-20)10-18(13)26-23(30)17-11-25-21(28)9-16(17)14-5-4-6-15(24)7-14/h4-8,10-11,16H,3,9,12H2,1-2H3,(H,25,28)(H,26,30). The Bertz CT molecular complexity index is 1110. The van der Waals surface area contributed by atoms with E-state index in [9.17, 15) is 18.8 Å². The number of amides is 3. The Morgan fingerprint density at radius 2 is 2.10 bits per heavy atom. The fourth-order valence-corrected chi connectivity index (χ4v) is 3.82. The van der Waals surface area contributed by atoms with Crippen LogP contribution >= 0.6 is 0 Å². The number of rotatable bonds is 4. The lowest BCUT2D eigenvalue weighted by molar-refractivity contribution is -0.121. The van der Waals surface area contributed by atoms with E-state index in [1.807, 2.05) is 13.0 Å². The van der Waals surface area contributed by atoms with E-state index in [1.165, 1.54) is 23.2 Å². The molecule has 31 heavy (non-hydrogen) atoms. The third-order valence-electron chi connectivity index (χ3n) is 5.57. The molecule has 1 atom stereocenters. The second-order valence-electron chi connectivity index (χ2n) is 7.51. The molecule has 2 aliphatic rings. The minimum atomic E-state index is -0.570. The summed E-state index contributed by atoms with van der Waals surface area (Å²) in [4.78, 5) is 38.6. The van der Waals surface area contributed by atoms with Crippen LogP contribution in [0, 0.1) is 5.82 Å². The Labute approximate surface area is 178 Å². The van der Waals surface area contributed by atoms with Crippen molar-refractivity contribution >= 4 is 29.1 Å². The Balaban J connectivity index is 1.66. The number of aryl methyl sites for hydroxylation is 1. The average Bonchev–Trinajstić information content (AvgIpc) is 2.76. The van der Waals surface area contributed by atoms with Crippen LogP contribution in [0.4, 0.5) is 15.8 Å². The van der Waals surface area contributed by atoms with Gasteiger partial charge in [-0.3, -0.25) is 14.4 Å². The number of nitrogens with zero attached hydrogens (tertiary/aromatic N) is 1. The summed E-state index contributed by atoms with van der Waals surface area (Å²) < 4.78 is 19.3. The van der Waals surface area contributed by atoms with Gasteiger partial charge >= 0.3 is 0 Å². The SMILES string of the molecule is CCc1cc2c(cc1NC(=O)C1=CNC(=O)CC1c1cccc(F)c1)N(C)C(=O)CO2. The number of hydrogen-bond acceptors (Lipinski definition) is 4. The van der Waals surface area contributed by atoms with Crippen LogP contribution in [-0.2, 0) is 20.8 Å². The van der Waals surface area contributed by atoms with Crippen LogP contribution in [-0.4, -0.2) is 31.4 Å². The molecule has 2 N–H and O–H groups in total. The quantitative estimate of drug-likeness (QED) is 0.792. The Morgan fingerprint density at radius 3 is 2.84 bits per heavy atom. The van der Waals surface area contributed by atoms with E-state index in [1.54, 1.807) is 25.2 Å². The maximum absolute atomic E-state index is 13.8. The average molecular weight is 423 g/mol. The minimum Gasteiger partial charge on any atom is -0.482 e. The van der Waals surface area contributed by atoms with Gasteiger partial charge in [-0.15, -0.1) is 0 Å². The van der Waals surface area contributed by atoms with Gasteiger partial charge in [0.1, 0.15) is 11.6 Å². The van der Waals surface area contributed by atoms with Gasteiger partial charge in [-0.05, 0) is 41.8 Å². The van der Waals surface area contributed by atoms with Crippen molar-refractivity contribution in [1.82, 2.24) is 5.32 Å². The zero-order valence-electron chi connectivity index (χ0n) is 17.2. The van der Waals surface area contributed by atoms with Crippen LogP contribution in [0.2, 0.25) is 0 Å². The number of carbonyl (C=O) groups excluding carboxylic acids is 3. The van der Waals surface area contributed by atoms with Crippen molar-refractivity contribution < 1.29 is 23.5 Å². The molecule has 2 heterocycles. The summed E-state index contributed by atoms with van der Waals surface area (Å²) >= 11 is 0. The summed E-state index contributed by atoms with van der Waals surface area (Å²) in [5.41, 5.74) is 2.84. The van der Waals surface area contributed by atoms with Crippen LogP contribution in [0.15, 0.2) is 48.2 Å². The molecule has 8 heteroatoms. The molecule has 0 radical (unpaired) electrons. The molecule has 0 aliphatic carbocycles. The van der Waals surface area contributed by atoms with Gasteiger partial charge in [-0.2, -0.15) is 0 Å². The zero-order valence-corrected chi connectivity index (χ0v) is 17.2. The van der Waals surface area contributed by atoms with E-state index < -0.39 is 17.6 Å². The number of ether oxygens (including phenoxy) is 1. The van der Waals surface area contributed by atoms with Crippen molar-refractivity contribution in [2.75, 3.05) is 23.9 Å². The van der Waals surface area contributed by atoms with Crippen molar-refractivity contribution in [3.63, 3.8) is 0 Å². The summed E-state index contributed by atoms with van der Waals surface area (Å²) in [6.45, 7) is 1.92. The molecule has 0 aromatic heterocycles. The zero-order chi connectivity index (χ0) is 22.1. The van der Waals surface area contributed by atoms with Gasteiger partial charge in [0.2, 0.25) is 5.91 Å². The monoisotopic (exact) mass is 423 g/mol. The van der Waals surface area contributed by atoms with Crippen molar-refractivity contribution in [1.29, 1.82) is 0 Å². The van der Waals surface area contributed by atoms with Gasteiger partial charge in [0.25, 0.3) is 11.8 Å². The summed E-state index contributed by atoms with van der Waals surface area (Å²) in [5.74, 6) is -1.25. The molecule has 4 rings (SSSR count). The molecule has 2 aromatic rings. The predicted molar refractivity (Wildman–Crippen MR) is 113 cm³/mol. The lowest BCUT2D eigenvalue weighted by atomic mass is 9.86. The molecule has 0 saturated carbocycles. The first-order valence-corrected chi connectivity index (χ1v) is 10.00. The molecule has 7 nitrogen and oxygen atoms in total. The molecule has 0 spiro atoms. The molecule has 2 aromatic carbocycles. The van der Waals surface area contributed by atoms with Crippen molar-refractivity contribution in [2.24, 2.45) is 0 Å². The van der Waals surface area contributed by atoms with Crippen LogP contribution in [0.3, 0.4) is 0 Å². The minimum absolute atomic E-state index is 0.0275. The van der Waals surface area contributed by atoms with E-state index >= 15 is 0 Å². The van der Waals surface area contributed by atoms with Gasteiger partial charge in [-0.1, -0.05) is 19.1 Å². The number of hydrogen-bond donors (Lipinski definition) is 2.